The molecule has 0 bridgehead atoms. The summed E-state index contributed by atoms with van der Waals surface area (Å²) in [6, 6.07) is 0. The monoisotopic (exact) mass is 163 g/mol. The van der Waals surface area contributed by atoms with Crippen LogP contribution in [0.4, 0.5) is 0 Å². The number of amides is 1. The van der Waals surface area contributed by atoms with Gasteiger partial charge in [-0.3, -0.25) is 9.52 Å². The fourth-order valence-electron chi connectivity index (χ4n) is 0.800. The molecule has 4 nitrogen and oxygen atoms in total. The number of rotatable bonds is 0. The molecule has 1 aliphatic rings. The molecular weight excluding hydrogens is 154 g/mol. The van der Waals surface area contributed by atoms with Gasteiger partial charge in [-0.1, -0.05) is 0 Å². The highest BCUT2D eigenvalue weighted by Gasteiger charge is 2.28. The molecule has 1 aliphatic heterocycles. The van der Waals surface area contributed by atoms with Gasteiger partial charge in [-0.2, -0.15) is 0 Å². The molecule has 0 aliphatic carbocycles. The largest absolute Gasteiger partial charge is 0.274 e. The second-order valence-corrected chi connectivity index (χ2v) is 4.52. The number of hydrogen-bond donors (Lipinski definition) is 1. The maximum absolute atomic E-state index is 10.9. The minimum Gasteiger partial charge on any atom is -0.274 e. The van der Waals surface area contributed by atoms with E-state index in [1.807, 2.05) is 4.72 Å². The molecule has 1 N–H and O–H groups in total. The fraction of sp³-hybridized carbons (Fsp3) is 0.800. The average Bonchev–Trinajstić information content (AvgIpc) is 1.78. The van der Waals surface area contributed by atoms with Crippen molar-refractivity contribution in [3.05, 3.63) is 0 Å². The minimum absolute atomic E-state index is 0.320. The average molecular weight is 163 g/mol. The minimum atomic E-state index is -3.31. The third-order valence-electron chi connectivity index (χ3n) is 1.56. The molecule has 0 radical (unpaired) electrons. The van der Waals surface area contributed by atoms with E-state index in [0.717, 1.165) is 0 Å². The Balaban J connectivity index is 2.84. The molecule has 1 unspecified atom stereocenters. The Labute approximate surface area is 59.7 Å². The summed E-state index contributed by atoms with van der Waals surface area (Å²) in [6.07, 6.45) is 0.758. The van der Waals surface area contributed by atoms with Gasteiger partial charge < -0.3 is 0 Å². The summed E-state index contributed by atoms with van der Waals surface area (Å²) in [6.45, 7) is 1.59. The first kappa shape index (κ1) is 7.53. The number of carbonyl (C=O) groups excluding carboxylic acids is 1. The van der Waals surface area contributed by atoms with Gasteiger partial charge in [0.15, 0.2) is 0 Å². The zero-order chi connectivity index (χ0) is 7.78. The smallest absolute Gasteiger partial charge is 0.237 e. The van der Waals surface area contributed by atoms with Crippen molar-refractivity contribution in [3.63, 3.8) is 0 Å². The van der Waals surface area contributed by atoms with Crippen molar-refractivity contribution in [2.45, 2.75) is 25.0 Å². The Morgan fingerprint density at radius 2 is 2.20 bits per heavy atom. The normalized spacial score (nSPS) is 31.3. The van der Waals surface area contributed by atoms with Gasteiger partial charge in [0.2, 0.25) is 15.9 Å². The highest BCUT2D eigenvalue weighted by Crippen LogP contribution is 2.11. The van der Waals surface area contributed by atoms with Crippen molar-refractivity contribution in [2.24, 2.45) is 0 Å². The van der Waals surface area contributed by atoms with E-state index in [1.165, 1.54) is 0 Å². The van der Waals surface area contributed by atoms with E-state index in [4.69, 9.17) is 0 Å². The Kier molecular flexibility index (Phi) is 1.68. The first-order chi connectivity index (χ1) is 4.52. The molecule has 0 aromatic heterocycles. The SMILES string of the molecule is CC1CCC(=O)NS1(=O)=O. The highest BCUT2D eigenvalue weighted by atomic mass is 32.2. The Hall–Kier alpha value is -0.580. The van der Waals surface area contributed by atoms with Gasteiger partial charge in [-0.15, -0.1) is 0 Å². The first-order valence-corrected chi connectivity index (χ1v) is 4.61. The number of sulfonamides is 1. The third kappa shape index (κ3) is 1.29. The van der Waals surface area contributed by atoms with E-state index >= 15 is 0 Å². The van der Waals surface area contributed by atoms with E-state index in [0.29, 0.717) is 12.8 Å². The molecule has 0 aromatic carbocycles. The molecular formula is C5H9NO3S. The summed E-state index contributed by atoms with van der Waals surface area (Å²) in [7, 11) is -3.31. The summed E-state index contributed by atoms with van der Waals surface area (Å²) in [4.78, 5) is 10.5. The molecule has 1 amide bonds. The van der Waals surface area contributed by atoms with Crippen LogP contribution in [0.1, 0.15) is 19.8 Å². The lowest BCUT2D eigenvalue weighted by atomic mass is 10.2. The molecule has 1 fully saturated rings. The van der Waals surface area contributed by atoms with E-state index in [9.17, 15) is 13.2 Å². The van der Waals surface area contributed by atoms with Gasteiger partial charge in [-0.05, 0) is 13.3 Å². The number of carbonyl (C=O) groups is 1. The van der Waals surface area contributed by atoms with Crippen LogP contribution < -0.4 is 4.72 Å². The van der Waals surface area contributed by atoms with Crippen LogP contribution in [0.3, 0.4) is 0 Å². The lowest BCUT2D eigenvalue weighted by molar-refractivity contribution is -0.119. The standard InChI is InChI=1S/C5H9NO3S/c1-4-2-3-5(7)6-10(4,8)9/h4H,2-3H2,1H3,(H,6,7). The molecule has 0 saturated carbocycles. The molecule has 5 heteroatoms. The second kappa shape index (κ2) is 2.23. The first-order valence-electron chi connectivity index (χ1n) is 3.07. The molecule has 58 valence electrons. The fourth-order valence-corrected chi connectivity index (χ4v) is 1.85. The number of nitrogens with one attached hydrogen (secondary N) is 1. The zero-order valence-corrected chi connectivity index (χ0v) is 6.44. The van der Waals surface area contributed by atoms with E-state index in [2.05, 4.69) is 0 Å². The van der Waals surface area contributed by atoms with Crippen LogP contribution in [0.2, 0.25) is 0 Å². The maximum Gasteiger partial charge on any atom is 0.237 e. The third-order valence-corrected chi connectivity index (χ3v) is 3.37. The predicted molar refractivity (Wildman–Crippen MR) is 35.8 cm³/mol. The summed E-state index contributed by atoms with van der Waals surface area (Å²) in [5.41, 5.74) is 0. The second-order valence-electron chi connectivity index (χ2n) is 2.42. The van der Waals surface area contributed by atoms with Crippen molar-refractivity contribution in [3.8, 4) is 0 Å². The quantitative estimate of drug-likeness (QED) is 0.529. The Bertz CT molecular complexity index is 244. The van der Waals surface area contributed by atoms with E-state index in [1.54, 1.807) is 6.92 Å². The van der Waals surface area contributed by atoms with Crippen molar-refractivity contribution < 1.29 is 13.2 Å². The van der Waals surface area contributed by atoms with Crippen molar-refractivity contribution >= 4 is 15.9 Å². The van der Waals surface area contributed by atoms with Gasteiger partial charge >= 0.3 is 0 Å². The lowest BCUT2D eigenvalue weighted by Gasteiger charge is -2.18. The van der Waals surface area contributed by atoms with Crippen LogP contribution in [-0.4, -0.2) is 19.6 Å². The molecule has 1 saturated heterocycles. The topological polar surface area (TPSA) is 63.2 Å². The van der Waals surface area contributed by atoms with Crippen LogP contribution >= 0.6 is 0 Å². The molecule has 0 aromatic rings. The van der Waals surface area contributed by atoms with Crippen molar-refractivity contribution in [1.29, 1.82) is 0 Å². The van der Waals surface area contributed by atoms with Gasteiger partial charge in [0.05, 0.1) is 5.25 Å². The highest BCUT2D eigenvalue weighted by molar-refractivity contribution is 7.90. The van der Waals surface area contributed by atoms with Gasteiger partial charge in [0.1, 0.15) is 0 Å². The lowest BCUT2D eigenvalue weighted by Crippen LogP contribution is -2.41. The van der Waals surface area contributed by atoms with E-state index < -0.39 is 21.2 Å². The molecule has 1 rings (SSSR count). The summed E-state index contributed by atoms with van der Waals surface area (Å²) in [5, 5.41) is -0.426. The van der Waals surface area contributed by atoms with Crippen molar-refractivity contribution in [2.75, 3.05) is 0 Å². The predicted octanol–water partition coefficient (Wildman–Crippen LogP) is -0.385. The van der Waals surface area contributed by atoms with E-state index in [-0.39, 0.29) is 0 Å². The van der Waals surface area contributed by atoms with Gasteiger partial charge in [0.25, 0.3) is 0 Å². The summed E-state index contributed by atoms with van der Waals surface area (Å²) >= 11 is 0. The van der Waals surface area contributed by atoms with Crippen LogP contribution in [0.15, 0.2) is 0 Å². The summed E-state index contributed by atoms with van der Waals surface area (Å²) in [5.74, 6) is -0.391. The summed E-state index contributed by atoms with van der Waals surface area (Å²) < 4.78 is 23.7. The zero-order valence-electron chi connectivity index (χ0n) is 5.62. The van der Waals surface area contributed by atoms with Crippen LogP contribution in [0.25, 0.3) is 0 Å². The number of hydrogen-bond acceptors (Lipinski definition) is 3. The maximum atomic E-state index is 10.9. The van der Waals surface area contributed by atoms with Crippen LogP contribution in [-0.2, 0) is 14.8 Å². The van der Waals surface area contributed by atoms with Gasteiger partial charge in [0, 0.05) is 6.42 Å². The van der Waals surface area contributed by atoms with Gasteiger partial charge in [-0.25, -0.2) is 8.42 Å². The van der Waals surface area contributed by atoms with Crippen LogP contribution in [0, 0.1) is 0 Å². The van der Waals surface area contributed by atoms with Crippen LogP contribution in [0.5, 0.6) is 0 Å². The molecule has 0 spiro atoms. The molecule has 1 heterocycles. The Morgan fingerprint density at radius 3 is 2.60 bits per heavy atom. The van der Waals surface area contributed by atoms with Crippen molar-refractivity contribution in [1.82, 2.24) is 4.72 Å². The molecule has 10 heavy (non-hydrogen) atoms. The Morgan fingerprint density at radius 1 is 1.60 bits per heavy atom. The molecule has 1 atom stereocenters.